The lowest BCUT2D eigenvalue weighted by Crippen LogP contribution is -2.32. The van der Waals surface area contributed by atoms with Crippen LogP contribution < -0.4 is 0 Å². The first-order valence-electron chi connectivity index (χ1n) is 8.89. The number of carbonyl (C=O) groups excluding carboxylic acids is 1. The maximum absolute atomic E-state index is 12.5. The molecular formula is C19H21N5O. The van der Waals surface area contributed by atoms with Crippen LogP contribution in [0.1, 0.15) is 37.9 Å². The lowest BCUT2D eigenvalue weighted by atomic mass is 10.1. The van der Waals surface area contributed by atoms with E-state index in [4.69, 9.17) is 0 Å². The van der Waals surface area contributed by atoms with Crippen molar-refractivity contribution in [2.75, 3.05) is 13.1 Å². The summed E-state index contributed by atoms with van der Waals surface area (Å²) >= 11 is 0. The molecule has 1 fully saturated rings. The quantitative estimate of drug-likeness (QED) is 0.675. The fourth-order valence-electron chi connectivity index (χ4n) is 3.33. The van der Waals surface area contributed by atoms with E-state index in [1.54, 1.807) is 22.9 Å². The van der Waals surface area contributed by atoms with Gasteiger partial charge in [-0.15, -0.1) is 10.2 Å². The zero-order chi connectivity index (χ0) is 17.1. The number of fused-ring (bicyclic) bond motifs is 3. The van der Waals surface area contributed by atoms with Crippen LogP contribution in [-0.4, -0.2) is 43.7 Å². The van der Waals surface area contributed by atoms with Crippen LogP contribution in [0.15, 0.2) is 36.5 Å². The molecule has 0 radical (unpaired) electrons. The molecule has 0 aliphatic carbocycles. The van der Waals surface area contributed by atoms with Crippen molar-refractivity contribution in [3.63, 3.8) is 0 Å². The Labute approximate surface area is 146 Å². The number of nitrogens with zero attached hydrogens (tertiary/aromatic N) is 5. The highest BCUT2D eigenvalue weighted by Crippen LogP contribution is 2.17. The van der Waals surface area contributed by atoms with Crippen molar-refractivity contribution in [3.05, 3.63) is 42.4 Å². The average Bonchev–Trinajstić information content (AvgIpc) is 3.03. The largest absolute Gasteiger partial charge is 0.339 e. The smallest absolute Gasteiger partial charge is 0.246 e. The Bertz CT molecular complexity index is 922. The normalized spacial score (nSPS) is 16.4. The molecule has 0 N–H and O–H groups in total. The van der Waals surface area contributed by atoms with Gasteiger partial charge in [-0.3, -0.25) is 4.79 Å². The average molecular weight is 335 g/mol. The zero-order valence-electron chi connectivity index (χ0n) is 14.1. The third-order valence-corrected chi connectivity index (χ3v) is 4.72. The monoisotopic (exact) mass is 335 g/mol. The molecule has 0 saturated carbocycles. The van der Waals surface area contributed by atoms with Crippen molar-refractivity contribution in [3.8, 4) is 0 Å². The number of likely N-dealkylation sites (tertiary alicyclic amines) is 1. The van der Waals surface area contributed by atoms with E-state index in [-0.39, 0.29) is 5.91 Å². The second-order valence-electron chi connectivity index (χ2n) is 6.45. The summed E-state index contributed by atoms with van der Waals surface area (Å²) in [6.45, 7) is 1.68. The van der Waals surface area contributed by atoms with Gasteiger partial charge < -0.3 is 4.90 Å². The van der Waals surface area contributed by atoms with E-state index in [1.165, 1.54) is 19.3 Å². The van der Waals surface area contributed by atoms with Gasteiger partial charge in [-0.25, -0.2) is 0 Å². The zero-order valence-corrected chi connectivity index (χ0v) is 14.1. The summed E-state index contributed by atoms with van der Waals surface area (Å²) in [7, 11) is 0. The van der Waals surface area contributed by atoms with Crippen LogP contribution >= 0.6 is 0 Å². The molecular weight excluding hydrogens is 314 g/mol. The first-order valence-corrected chi connectivity index (χ1v) is 8.89. The van der Waals surface area contributed by atoms with Crippen LogP contribution in [-0.2, 0) is 4.79 Å². The van der Waals surface area contributed by atoms with Gasteiger partial charge >= 0.3 is 0 Å². The van der Waals surface area contributed by atoms with E-state index in [9.17, 15) is 4.79 Å². The molecule has 3 aromatic rings. The maximum Gasteiger partial charge on any atom is 0.246 e. The van der Waals surface area contributed by atoms with E-state index in [0.717, 1.165) is 36.7 Å². The SMILES string of the molecule is O=C(/C=C/c1nnc2c3ccccc3cnn12)N1CCCCCCC1. The molecule has 0 spiro atoms. The highest BCUT2D eigenvalue weighted by atomic mass is 16.2. The molecule has 1 amide bonds. The second-order valence-corrected chi connectivity index (χ2v) is 6.45. The molecule has 2 aromatic heterocycles. The minimum atomic E-state index is 0.0411. The lowest BCUT2D eigenvalue weighted by molar-refractivity contribution is -0.126. The first-order chi connectivity index (χ1) is 12.3. The van der Waals surface area contributed by atoms with E-state index < -0.39 is 0 Å². The Hall–Kier alpha value is -2.76. The summed E-state index contributed by atoms with van der Waals surface area (Å²) in [5.74, 6) is 0.612. The highest BCUT2D eigenvalue weighted by Gasteiger charge is 2.13. The number of hydrogen-bond acceptors (Lipinski definition) is 4. The Morgan fingerprint density at radius 2 is 1.76 bits per heavy atom. The molecule has 0 atom stereocenters. The lowest BCUT2D eigenvalue weighted by Gasteiger charge is -2.23. The second kappa shape index (κ2) is 7.01. The van der Waals surface area contributed by atoms with Gasteiger partial charge in [-0.1, -0.05) is 43.5 Å². The van der Waals surface area contributed by atoms with Crippen LogP contribution in [0.3, 0.4) is 0 Å². The maximum atomic E-state index is 12.5. The Morgan fingerprint density at radius 1 is 1.00 bits per heavy atom. The standard InChI is InChI=1S/C19H21N5O/c25-18(23-12-6-2-1-3-7-13-23)11-10-17-21-22-19-16-9-5-4-8-15(16)14-20-24(17)19/h4-5,8-11,14H,1-3,6-7,12-13H2/b11-10+. The van der Waals surface area contributed by atoms with Gasteiger partial charge in [0, 0.05) is 29.9 Å². The van der Waals surface area contributed by atoms with Crippen LogP contribution in [0.2, 0.25) is 0 Å². The Morgan fingerprint density at radius 3 is 2.60 bits per heavy atom. The van der Waals surface area contributed by atoms with Crippen LogP contribution in [0.25, 0.3) is 22.5 Å². The molecule has 0 bridgehead atoms. The van der Waals surface area contributed by atoms with Gasteiger partial charge in [0.2, 0.25) is 5.91 Å². The summed E-state index contributed by atoms with van der Waals surface area (Å²) in [5.41, 5.74) is 0.705. The topological polar surface area (TPSA) is 63.4 Å². The highest BCUT2D eigenvalue weighted by molar-refractivity contribution is 5.94. The summed E-state index contributed by atoms with van der Waals surface area (Å²) in [5, 5.41) is 14.9. The molecule has 6 heteroatoms. The molecule has 6 nitrogen and oxygen atoms in total. The fourth-order valence-corrected chi connectivity index (χ4v) is 3.33. The van der Waals surface area contributed by atoms with Crippen molar-refractivity contribution in [1.29, 1.82) is 0 Å². The third-order valence-electron chi connectivity index (χ3n) is 4.72. The number of amides is 1. The minimum Gasteiger partial charge on any atom is -0.339 e. The summed E-state index contributed by atoms with van der Waals surface area (Å²) < 4.78 is 1.68. The molecule has 1 aliphatic heterocycles. The van der Waals surface area contributed by atoms with E-state index >= 15 is 0 Å². The molecule has 128 valence electrons. The first kappa shape index (κ1) is 15.7. The van der Waals surface area contributed by atoms with Crippen molar-refractivity contribution in [2.24, 2.45) is 0 Å². The van der Waals surface area contributed by atoms with Crippen LogP contribution in [0.4, 0.5) is 0 Å². The van der Waals surface area contributed by atoms with Crippen molar-refractivity contribution in [2.45, 2.75) is 32.1 Å². The third kappa shape index (κ3) is 3.24. The number of rotatable bonds is 2. The Balaban J connectivity index is 1.58. The summed E-state index contributed by atoms with van der Waals surface area (Å²) in [6.07, 6.45) is 11.0. The summed E-state index contributed by atoms with van der Waals surface area (Å²) in [6, 6.07) is 7.94. The van der Waals surface area contributed by atoms with Gasteiger partial charge in [-0.2, -0.15) is 9.61 Å². The predicted octanol–water partition coefficient (Wildman–Crippen LogP) is 3.08. The molecule has 3 heterocycles. The van der Waals surface area contributed by atoms with E-state index in [0.29, 0.717) is 11.5 Å². The van der Waals surface area contributed by atoms with Gasteiger partial charge in [-0.05, 0) is 18.9 Å². The van der Waals surface area contributed by atoms with E-state index in [2.05, 4.69) is 15.3 Å². The molecule has 1 saturated heterocycles. The van der Waals surface area contributed by atoms with E-state index in [1.807, 2.05) is 29.2 Å². The Kier molecular flexibility index (Phi) is 4.41. The number of hydrogen-bond donors (Lipinski definition) is 0. The fraction of sp³-hybridized carbons (Fsp3) is 0.368. The molecule has 1 aliphatic rings. The number of carbonyl (C=O) groups is 1. The van der Waals surface area contributed by atoms with Gasteiger partial charge in [0.05, 0.1) is 6.20 Å². The minimum absolute atomic E-state index is 0.0411. The van der Waals surface area contributed by atoms with Crippen LogP contribution in [0, 0.1) is 0 Å². The van der Waals surface area contributed by atoms with Crippen molar-refractivity contribution in [1.82, 2.24) is 24.7 Å². The number of aromatic nitrogens is 4. The summed E-state index contributed by atoms with van der Waals surface area (Å²) in [4.78, 5) is 14.4. The van der Waals surface area contributed by atoms with Crippen LogP contribution in [0.5, 0.6) is 0 Å². The molecule has 1 aromatic carbocycles. The van der Waals surface area contributed by atoms with Gasteiger partial charge in [0.15, 0.2) is 11.5 Å². The van der Waals surface area contributed by atoms with Gasteiger partial charge in [0.25, 0.3) is 0 Å². The molecule has 0 unspecified atom stereocenters. The van der Waals surface area contributed by atoms with Crippen molar-refractivity contribution < 1.29 is 4.79 Å². The number of benzene rings is 1. The molecule has 25 heavy (non-hydrogen) atoms. The van der Waals surface area contributed by atoms with Crippen molar-refractivity contribution >= 4 is 28.4 Å². The van der Waals surface area contributed by atoms with Gasteiger partial charge in [0.1, 0.15) is 0 Å². The predicted molar refractivity (Wildman–Crippen MR) is 97.0 cm³/mol. The molecule has 4 rings (SSSR count).